The lowest BCUT2D eigenvalue weighted by molar-refractivity contribution is -0.118. The fraction of sp³-hybridized carbons (Fsp3) is 0.480. The lowest BCUT2D eigenvalue weighted by Crippen LogP contribution is -2.52. The van der Waals surface area contributed by atoms with Gasteiger partial charge in [-0.2, -0.15) is 17.9 Å². The van der Waals surface area contributed by atoms with Gasteiger partial charge in [-0.25, -0.2) is 4.39 Å². The van der Waals surface area contributed by atoms with E-state index in [2.05, 4.69) is 14.8 Å². The molecule has 4 rings (SSSR count). The molecule has 0 radical (unpaired) electrons. The first-order valence-electron chi connectivity index (χ1n) is 11.6. The van der Waals surface area contributed by atoms with Crippen molar-refractivity contribution in [2.75, 3.05) is 11.9 Å². The van der Waals surface area contributed by atoms with Crippen molar-refractivity contribution in [3.63, 3.8) is 0 Å². The summed E-state index contributed by atoms with van der Waals surface area (Å²) in [6, 6.07) is 11.3. The smallest absolute Gasteiger partial charge is 0.277 e. The SMILES string of the molecule is CC(C)(C)NS(=O)(=O)NC1C2CCC1Cc1cc(NC(=O)COc3ccc(F)cc3)ccc1C2. The Morgan fingerprint density at radius 2 is 1.68 bits per heavy atom. The van der Waals surface area contributed by atoms with Crippen molar-refractivity contribution in [2.45, 2.75) is 58.0 Å². The fourth-order valence-electron chi connectivity index (χ4n) is 4.97. The van der Waals surface area contributed by atoms with Gasteiger partial charge in [-0.3, -0.25) is 4.79 Å². The maximum Gasteiger partial charge on any atom is 0.277 e. The highest BCUT2D eigenvalue weighted by Gasteiger charge is 2.41. The highest BCUT2D eigenvalue weighted by atomic mass is 32.2. The number of anilines is 1. The molecule has 2 bridgehead atoms. The number of ether oxygens (including phenoxy) is 1. The predicted molar refractivity (Wildman–Crippen MR) is 129 cm³/mol. The second kappa shape index (κ2) is 9.64. The van der Waals surface area contributed by atoms with Gasteiger partial charge < -0.3 is 10.1 Å². The number of rotatable bonds is 7. The van der Waals surface area contributed by atoms with Crippen LogP contribution in [0.4, 0.5) is 10.1 Å². The molecule has 34 heavy (non-hydrogen) atoms. The molecule has 1 fully saturated rings. The monoisotopic (exact) mass is 489 g/mol. The van der Waals surface area contributed by atoms with Crippen LogP contribution in [-0.2, 0) is 27.8 Å². The minimum Gasteiger partial charge on any atom is -0.484 e. The summed E-state index contributed by atoms with van der Waals surface area (Å²) in [5, 5.41) is 2.85. The van der Waals surface area contributed by atoms with E-state index in [9.17, 15) is 17.6 Å². The van der Waals surface area contributed by atoms with Crippen LogP contribution >= 0.6 is 0 Å². The third kappa shape index (κ3) is 6.34. The quantitative estimate of drug-likeness (QED) is 0.554. The van der Waals surface area contributed by atoms with Gasteiger partial charge in [0.2, 0.25) is 0 Å². The predicted octanol–water partition coefficient (Wildman–Crippen LogP) is 3.56. The number of amides is 1. The zero-order valence-electron chi connectivity index (χ0n) is 19.7. The van der Waals surface area contributed by atoms with E-state index < -0.39 is 15.7 Å². The molecule has 1 amide bonds. The first kappa shape index (κ1) is 24.6. The molecule has 0 aliphatic heterocycles. The normalized spacial score (nSPS) is 22.1. The summed E-state index contributed by atoms with van der Waals surface area (Å²) >= 11 is 0. The molecular weight excluding hydrogens is 457 g/mol. The molecule has 0 aromatic heterocycles. The summed E-state index contributed by atoms with van der Waals surface area (Å²) in [6.45, 7) is 5.29. The number of fused-ring (bicyclic) bond motifs is 3. The summed E-state index contributed by atoms with van der Waals surface area (Å²) in [7, 11) is -3.62. The largest absolute Gasteiger partial charge is 0.484 e. The van der Waals surface area contributed by atoms with Gasteiger partial charge >= 0.3 is 0 Å². The maximum absolute atomic E-state index is 13.0. The van der Waals surface area contributed by atoms with E-state index in [1.165, 1.54) is 29.8 Å². The maximum atomic E-state index is 13.0. The molecule has 3 atom stereocenters. The number of carbonyl (C=O) groups excluding carboxylic acids is 1. The Bertz CT molecular complexity index is 1150. The molecule has 9 heteroatoms. The van der Waals surface area contributed by atoms with Crippen molar-refractivity contribution in [1.82, 2.24) is 9.44 Å². The molecule has 2 aromatic carbocycles. The average Bonchev–Trinajstić information content (AvgIpc) is 2.99. The number of halogens is 1. The molecule has 7 nitrogen and oxygen atoms in total. The molecule has 184 valence electrons. The van der Waals surface area contributed by atoms with Gasteiger partial charge in [0.05, 0.1) is 0 Å². The van der Waals surface area contributed by atoms with Crippen molar-refractivity contribution in [3.8, 4) is 5.75 Å². The summed E-state index contributed by atoms with van der Waals surface area (Å²) in [5.74, 6) is 0.195. The topological polar surface area (TPSA) is 96.5 Å². The van der Waals surface area contributed by atoms with Crippen LogP contribution in [0.3, 0.4) is 0 Å². The van der Waals surface area contributed by atoms with Gasteiger partial charge in [0.15, 0.2) is 6.61 Å². The van der Waals surface area contributed by atoms with E-state index in [1.54, 1.807) is 0 Å². The summed E-state index contributed by atoms with van der Waals surface area (Å²) in [6.07, 6.45) is 3.52. The van der Waals surface area contributed by atoms with Crippen LogP contribution in [0, 0.1) is 17.7 Å². The van der Waals surface area contributed by atoms with Crippen molar-refractivity contribution < 1.29 is 22.3 Å². The Labute approximate surface area is 200 Å². The van der Waals surface area contributed by atoms with Crippen molar-refractivity contribution in [3.05, 3.63) is 59.4 Å². The zero-order chi connectivity index (χ0) is 24.5. The number of hydrogen-bond donors (Lipinski definition) is 3. The molecule has 2 aromatic rings. The number of benzene rings is 2. The van der Waals surface area contributed by atoms with Crippen LogP contribution in [0.1, 0.15) is 44.7 Å². The Morgan fingerprint density at radius 1 is 1.03 bits per heavy atom. The van der Waals surface area contributed by atoms with Crippen LogP contribution in [-0.4, -0.2) is 32.5 Å². The van der Waals surface area contributed by atoms with Crippen LogP contribution < -0.4 is 19.5 Å². The van der Waals surface area contributed by atoms with Crippen LogP contribution in [0.25, 0.3) is 0 Å². The highest BCUT2D eigenvalue weighted by molar-refractivity contribution is 7.87. The molecule has 3 unspecified atom stereocenters. The number of hydrogen-bond acceptors (Lipinski definition) is 4. The Kier molecular flexibility index (Phi) is 6.98. The first-order chi connectivity index (χ1) is 16.0. The second-order valence-electron chi connectivity index (χ2n) is 10.3. The van der Waals surface area contributed by atoms with Crippen molar-refractivity contribution >= 4 is 21.8 Å². The van der Waals surface area contributed by atoms with Gasteiger partial charge in [-0.05, 0) is 106 Å². The minimum atomic E-state index is -3.62. The van der Waals surface area contributed by atoms with E-state index in [0.717, 1.165) is 31.2 Å². The minimum absolute atomic E-state index is 0.116. The molecule has 1 saturated carbocycles. The molecule has 0 spiro atoms. The Morgan fingerprint density at radius 3 is 2.32 bits per heavy atom. The van der Waals surface area contributed by atoms with E-state index in [0.29, 0.717) is 11.4 Å². The molecule has 0 saturated heterocycles. The van der Waals surface area contributed by atoms with Gasteiger partial charge in [0.25, 0.3) is 16.1 Å². The van der Waals surface area contributed by atoms with E-state index in [-0.39, 0.29) is 36.2 Å². The van der Waals surface area contributed by atoms with Crippen LogP contribution in [0.2, 0.25) is 0 Å². The van der Waals surface area contributed by atoms with Crippen LogP contribution in [0.5, 0.6) is 5.75 Å². The first-order valence-corrected chi connectivity index (χ1v) is 13.1. The zero-order valence-corrected chi connectivity index (χ0v) is 20.5. The van der Waals surface area contributed by atoms with Crippen LogP contribution in [0.15, 0.2) is 42.5 Å². The van der Waals surface area contributed by atoms with Gasteiger partial charge in [-0.15, -0.1) is 0 Å². The average molecular weight is 490 g/mol. The fourth-order valence-corrected chi connectivity index (χ4v) is 6.58. The number of nitrogens with one attached hydrogen (secondary N) is 3. The summed E-state index contributed by atoms with van der Waals surface area (Å²) in [5.41, 5.74) is 2.46. The summed E-state index contributed by atoms with van der Waals surface area (Å²) in [4.78, 5) is 12.3. The third-order valence-corrected chi connectivity index (χ3v) is 7.76. The van der Waals surface area contributed by atoms with Gasteiger partial charge in [0.1, 0.15) is 11.6 Å². The molecular formula is C25H32FN3O4S. The van der Waals surface area contributed by atoms with Gasteiger partial charge in [0, 0.05) is 17.3 Å². The standard InChI is InChI=1S/C25H32FN3O4S/c1-25(2,3)29-34(31,32)28-24-17-4-5-18(24)13-19-14-21(9-6-16(19)12-17)27-23(30)15-33-22-10-7-20(26)8-11-22/h6-11,14,17-18,24,28-29H,4-5,12-13,15H2,1-3H3,(H,27,30). The van der Waals surface area contributed by atoms with E-state index >= 15 is 0 Å². The van der Waals surface area contributed by atoms with E-state index in [4.69, 9.17) is 4.74 Å². The molecule has 3 N–H and O–H groups in total. The lowest BCUT2D eigenvalue weighted by atomic mass is 9.93. The third-order valence-electron chi connectivity index (χ3n) is 6.29. The summed E-state index contributed by atoms with van der Waals surface area (Å²) < 4.78 is 49.4. The van der Waals surface area contributed by atoms with Gasteiger partial charge in [-0.1, -0.05) is 6.07 Å². The second-order valence-corrected chi connectivity index (χ2v) is 11.7. The number of carbonyl (C=O) groups is 1. The lowest BCUT2D eigenvalue weighted by Gasteiger charge is -2.27. The Balaban J connectivity index is 1.40. The Hall–Kier alpha value is -2.49. The van der Waals surface area contributed by atoms with E-state index in [1.807, 2.05) is 39.0 Å². The van der Waals surface area contributed by atoms with Crippen molar-refractivity contribution in [2.24, 2.45) is 11.8 Å². The van der Waals surface area contributed by atoms with Crippen molar-refractivity contribution in [1.29, 1.82) is 0 Å². The molecule has 0 heterocycles. The molecule has 2 aliphatic rings. The molecule has 2 aliphatic carbocycles. The highest BCUT2D eigenvalue weighted by Crippen LogP contribution is 2.41.